The van der Waals surface area contributed by atoms with Gasteiger partial charge >= 0.3 is 0 Å². The fourth-order valence-corrected chi connectivity index (χ4v) is 1.36. The molecule has 0 fully saturated rings. The number of hydrogen-bond donors (Lipinski definition) is 1. The first-order valence-electron chi connectivity index (χ1n) is 4.26. The van der Waals surface area contributed by atoms with Crippen LogP contribution in [0.2, 0.25) is 0 Å². The van der Waals surface area contributed by atoms with Gasteiger partial charge in [-0.2, -0.15) is 0 Å². The van der Waals surface area contributed by atoms with Crippen LogP contribution in [0.15, 0.2) is 24.3 Å². The molecule has 0 saturated carbocycles. The highest BCUT2D eigenvalue weighted by Gasteiger charge is 1.94. The topological polar surface area (TPSA) is 21.3 Å². The van der Waals surface area contributed by atoms with Crippen molar-refractivity contribution in [3.8, 4) is 5.75 Å². The van der Waals surface area contributed by atoms with Crippen molar-refractivity contribution < 1.29 is 4.74 Å². The normalized spacial score (nSPS) is 10.0. The van der Waals surface area contributed by atoms with Crippen LogP contribution in [0.1, 0.15) is 5.56 Å². The number of benzene rings is 1. The molecule has 0 unspecified atom stereocenters. The lowest BCUT2D eigenvalue weighted by molar-refractivity contribution is 0.414. The molecule has 0 bridgehead atoms. The Morgan fingerprint density at radius 1 is 1.46 bits per heavy atom. The predicted octanol–water partition coefficient (Wildman–Crippen LogP) is 2.18. The van der Waals surface area contributed by atoms with E-state index in [9.17, 15) is 0 Å². The molecule has 1 N–H and O–H groups in total. The number of ether oxygens (including phenoxy) is 1. The summed E-state index contributed by atoms with van der Waals surface area (Å²) in [6, 6.07) is 8.09. The van der Waals surface area contributed by atoms with Gasteiger partial charge in [-0.25, -0.2) is 0 Å². The Hall–Kier alpha value is -0.540. The summed E-state index contributed by atoms with van der Waals surface area (Å²) in [5.41, 5.74) is 1.25. The molecule has 0 radical (unpaired) electrons. The van der Waals surface area contributed by atoms with Gasteiger partial charge in [0.2, 0.25) is 0 Å². The largest absolute Gasteiger partial charge is 0.497 e. The minimum atomic E-state index is 0.892. The summed E-state index contributed by atoms with van der Waals surface area (Å²) in [5, 5.41) is 4.28. The fraction of sp³-hybridized carbons (Fsp3) is 0.400. The second kappa shape index (κ2) is 6.00. The molecule has 0 aliphatic carbocycles. The molecular formula is C10H14BrNO. The van der Waals surface area contributed by atoms with E-state index < -0.39 is 0 Å². The van der Waals surface area contributed by atoms with Crippen LogP contribution in [0.5, 0.6) is 5.75 Å². The summed E-state index contributed by atoms with van der Waals surface area (Å²) in [4.78, 5) is 0. The van der Waals surface area contributed by atoms with Crippen molar-refractivity contribution in [1.82, 2.24) is 5.32 Å². The van der Waals surface area contributed by atoms with Crippen molar-refractivity contribution in [2.45, 2.75) is 6.54 Å². The molecule has 0 atom stereocenters. The highest BCUT2D eigenvalue weighted by atomic mass is 79.9. The second-order valence-corrected chi connectivity index (χ2v) is 3.51. The molecule has 2 nitrogen and oxygen atoms in total. The van der Waals surface area contributed by atoms with Gasteiger partial charge in [-0.05, 0) is 17.7 Å². The third kappa shape index (κ3) is 3.79. The van der Waals surface area contributed by atoms with Gasteiger partial charge in [-0.3, -0.25) is 0 Å². The minimum Gasteiger partial charge on any atom is -0.497 e. The quantitative estimate of drug-likeness (QED) is 0.633. The molecule has 0 spiro atoms. The summed E-state index contributed by atoms with van der Waals surface area (Å²) < 4.78 is 5.12. The van der Waals surface area contributed by atoms with Crippen LogP contribution >= 0.6 is 15.9 Å². The molecule has 3 heteroatoms. The fourth-order valence-electron chi connectivity index (χ4n) is 1.08. The number of hydrogen-bond acceptors (Lipinski definition) is 2. The Morgan fingerprint density at radius 2 is 2.31 bits per heavy atom. The predicted molar refractivity (Wildman–Crippen MR) is 58.5 cm³/mol. The molecule has 0 saturated heterocycles. The molecule has 1 aromatic carbocycles. The van der Waals surface area contributed by atoms with E-state index in [-0.39, 0.29) is 0 Å². The van der Waals surface area contributed by atoms with Gasteiger partial charge in [-0.1, -0.05) is 28.1 Å². The number of halogens is 1. The van der Waals surface area contributed by atoms with Crippen LogP contribution in [0.4, 0.5) is 0 Å². The highest BCUT2D eigenvalue weighted by molar-refractivity contribution is 9.09. The number of methoxy groups -OCH3 is 1. The lowest BCUT2D eigenvalue weighted by Gasteiger charge is -2.04. The first kappa shape index (κ1) is 10.5. The Morgan fingerprint density at radius 3 is 3.00 bits per heavy atom. The average Bonchev–Trinajstić information content (AvgIpc) is 2.19. The zero-order chi connectivity index (χ0) is 9.52. The summed E-state index contributed by atoms with van der Waals surface area (Å²) in [6.07, 6.45) is 0. The van der Waals surface area contributed by atoms with E-state index in [0.29, 0.717) is 0 Å². The van der Waals surface area contributed by atoms with Crippen molar-refractivity contribution in [3.63, 3.8) is 0 Å². The maximum absolute atomic E-state index is 5.12. The lowest BCUT2D eigenvalue weighted by Crippen LogP contribution is -2.15. The van der Waals surface area contributed by atoms with Crippen molar-refractivity contribution in [1.29, 1.82) is 0 Å². The second-order valence-electron chi connectivity index (χ2n) is 2.72. The first-order valence-corrected chi connectivity index (χ1v) is 5.38. The van der Waals surface area contributed by atoms with Crippen LogP contribution < -0.4 is 10.1 Å². The van der Waals surface area contributed by atoms with Crippen LogP contribution in [-0.4, -0.2) is 19.0 Å². The van der Waals surface area contributed by atoms with Crippen LogP contribution in [0, 0.1) is 0 Å². The SMILES string of the molecule is COc1cccc(CNCCBr)c1. The molecule has 0 aromatic heterocycles. The molecule has 72 valence electrons. The van der Waals surface area contributed by atoms with Gasteiger partial charge in [-0.15, -0.1) is 0 Å². The van der Waals surface area contributed by atoms with Crippen LogP contribution in [0.25, 0.3) is 0 Å². The Bertz CT molecular complexity index is 252. The van der Waals surface area contributed by atoms with E-state index in [1.165, 1.54) is 5.56 Å². The van der Waals surface area contributed by atoms with E-state index in [4.69, 9.17) is 4.74 Å². The third-order valence-electron chi connectivity index (χ3n) is 1.73. The van der Waals surface area contributed by atoms with Crippen molar-refractivity contribution in [2.75, 3.05) is 19.0 Å². The van der Waals surface area contributed by atoms with Gasteiger partial charge in [0.25, 0.3) is 0 Å². The van der Waals surface area contributed by atoms with Gasteiger partial charge in [0, 0.05) is 18.4 Å². The Balaban J connectivity index is 2.46. The highest BCUT2D eigenvalue weighted by Crippen LogP contribution is 2.11. The summed E-state index contributed by atoms with van der Waals surface area (Å²) >= 11 is 3.36. The van der Waals surface area contributed by atoms with Gasteiger partial charge < -0.3 is 10.1 Å². The number of nitrogens with one attached hydrogen (secondary N) is 1. The molecule has 1 aromatic rings. The Kier molecular flexibility index (Phi) is 4.86. The van der Waals surface area contributed by atoms with Crippen molar-refractivity contribution >= 4 is 15.9 Å². The number of alkyl halides is 1. The zero-order valence-corrected chi connectivity index (χ0v) is 9.30. The zero-order valence-electron chi connectivity index (χ0n) is 7.72. The Labute approximate surface area is 87.4 Å². The standard InChI is InChI=1S/C10H14BrNO/c1-13-10-4-2-3-9(7-10)8-12-6-5-11/h2-4,7,12H,5-6,8H2,1H3. The molecule has 0 aliphatic rings. The van der Waals surface area contributed by atoms with Crippen LogP contribution in [0.3, 0.4) is 0 Å². The van der Waals surface area contributed by atoms with E-state index in [1.807, 2.05) is 18.2 Å². The van der Waals surface area contributed by atoms with Crippen LogP contribution in [-0.2, 0) is 6.54 Å². The first-order chi connectivity index (χ1) is 6.36. The summed E-state index contributed by atoms with van der Waals surface area (Å²) in [7, 11) is 1.69. The lowest BCUT2D eigenvalue weighted by atomic mass is 10.2. The van der Waals surface area contributed by atoms with Gasteiger partial charge in [0.05, 0.1) is 7.11 Å². The molecular weight excluding hydrogens is 230 g/mol. The van der Waals surface area contributed by atoms with Gasteiger partial charge in [0.15, 0.2) is 0 Å². The molecule has 0 heterocycles. The van der Waals surface area contributed by atoms with Gasteiger partial charge in [0.1, 0.15) is 5.75 Å². The van der Waals surface area contributed by atoms with E-state index >= 15 is 0 Å². The summed E-state index contributed by atoms with van der Waals surface area (Å²) in [6.45, 7) is 1.88. The molecule has 13 heavy (non-hydrogen) atoms. The minimum absolute atomic E-state index is 0.892. The summed E-state index contributed by atoms with van der Waals surface area (Å²) in [5.74, 6) is 0.915. The monoisotopic (exact) mass is 243 g/mol. The third-order valence-corrected chi connectivity index (χ3v) is 2.13. The number of rotatable bonds is 5. The van der Waals surface area contributed by atoms with E-state index in [2.05, 4.69) is 27.3 Å². The molecule has 0 aliphatic heterocycles. The maximum Gasteiger partial charge on any atom is 0.119 e. The maximum atomic E-state index is 5.12. The smallest absolute Gasteiger partial charge is 0.119 e. The molecule has 0 amide bonds. The van der Waals surface area contributed by atoms with Crippen molar-refractivity contribution in [3.05, 3.63) is 29.8 Å². The molecule has 1 rings (SSSR count). The van der Waals surface area contributed by atoms with E-state index in [0.717, 1.165) is 24.2 Å². The van der Waals surface area contributed by atoms with E-state index in [1.54, 1.807) is 7.11 Å². The van der Waals surface area contributed by atoms with Crippen molar-refractivity contribution in [2.24, 2.45) is 0 Å². The average molecular weight is 244 g/mol.